The van der Waals surface area contributed by atoms with Crippen LogP contribution in [0.3, 0.4) is 0 Å². The summed E-state index contributed by atoms with van der Waals surface area (Å²) in [6.07, 6.45) is 1.23. The minimum atomic E-state index is 0.205. The Morgan fingerprint density at radius 3 is 2.65 bits per heavy atom. The lowest BCUT2D eigenvalue weighted by molar-refractivity contribution is 0.194. The van der Waals surface area contributed by atoms with E-state index in [1.165, 1.54) is 0 Å². The molecule has 1 aliphatic rings. The van der Waals surface area contributed by atoms with Crippen LogP contribution in [0.25, 0.3) is 10.3 Å². The molecule has 4 heterocycles. The number of ether oxygens (including phenoxy) is 1. The highest BCUT2D eigenvalue weighted by molar-refractivity contribution is 7.18. The number of nitrogens with zero attached hydrogens (tertiary/aromatic N) is 4. The molecule has 1 aliphatic heterocycles. The fraction of sp³-hybridized carbons (Fsp3) is 0.450. The van der Waals surface area contributed by atoms with Gasteiger partial charge in [0.15, 0.2) is 5.65 Å². The Morgan fingerprint density at radius 2 is 1.88 bits per heavy atom. The molecule has 0 amide bonds. The smallest absolute Gasteiger partial charge is 0.170 e. The van der Waals surface area contributed by atoms with E-state index in [0.29, 0.717) is 6.04 Å². The van der Waals surface area contributed by atoms with Crippen molar-refractivity contribution in [1.82, 2.24) is 19.9 Å². The van der Waals surface area contributed by atoms with Crippen LogP contribution in [0.2, 0.25) is 0 Å². The molecule has 3 aromatic rings. The Kier molecular flexibility index (Phi) is 4.63. The van der Waals surface area contributed by atoms with Crippen LogP contribution in [0.1, 0.15) is 35.4 Å². The van der Waals surface area contributed by atoms with Crippen LogP contribution in [-0.2, 0) is 6.54 Å². The second kappa shape index (κ2) is 6.93. The highest BCUT2D eigenvalue weighted by Gasteiger charge is 2.30. The summed E-state index contributed by atoms with van der Waals surface area (Å²) in [5.74, 6) is 0.923. The first-order valence-electron chi connectivity index (χ1n) is 9.05. The second-order valence-electron chi connectivity index (χ2n) is 7.20. The zero-order valence-corrected chi connectivity index (χ0v) is 16.5. The number of thiazole rings is 1. The molecular weight excluding hydrogens is 344 g/mol. The van der Waals surface area contributed by atoms with E-state index in [9.17, 15) is 0 Å². The van der Waals surface area contributed by atoms with Crippen LogP contribution in [0.15, 0.2) is 24.3 Å². The first-order valence-corrected chi connectivity index (χ1v) is 9.87. The number of aromatic nitrogens is 3. The van der Waals surface area contributed by atoms with Gasteiger partial charge in [-0.3, -0.25) is 9.88 Å². The largest absolute Gasteiger partial charge is 0.489 e. The quantitative estimate of drug-likeness (QED) is 0.695. The molecule has 0 unspecified atom stereocenters. The lowest BCUT2D eigenvalue weighted by Crippen LogP contribution is -2.28. The Morgan fingerprint density at radius 1 is 1.12 bits per heavy atom. The van der Waals surface area contributed by atoms with Gasteiger partial charge in [-0.05, 0) is 39.8 Å². The number of fused-ring (bicyclic) bond motifs is 1. The number of likely N-dealkylation sites (tertiary alicyclic amines) is 1. The standard InChI is InChI=1S/C20H24N4OS/c1-12-7-17(8-13(2)21-12)25-18-9-14(3)24(11-18)10-16-5-6-19-20(23-16)22-15(4)26-19/h5-8,14,18H,9-11H2,1-4H3/t14-,18+/m0/s1. The number of hydrogen-bond donors (Lipinski definition) is 0. The average molecular weight is 369 g/mol. The van der Waals surface area contributed by atoms with E-state index in [1.807, 2.05) is 32.9 Å². The van der Waals surface area contributed by atoms with Gasteiger partial charge < -0.3 is 4.74 Å². The van der Waals surface area contributed by atoms with E-state index in [2.05, 4.69) is 33.9 Å². The zero-order chi connectivity index (χ0) is 18.3. The number of hydrogen-bond acceptors (Lipinski definition) is 6. The van der Waals surface area contributed by atoms with Crippen molar-refractivity contribution in [3.8, 4) is 5.75 Å². The molecule has 0 aliphatic carbocycles. The predicted octanol–water partition coefficient (Wildman–Crippen LogP) is 4.05. The molecular formula is C20H24N4OS. The minimum absolute atomic E-state index is 0.205. The van der Waals surface area contributed by atoms with Gasteiger partial charge in [0, 0.05) is 49.1 Å². The number of aryl methyl sites for hydroxylation is 3. The van der Waals surface area contributed by atoms with Gasteiger partial charge in [-0.2, -0.15) is 0 Å². The molecule has 0 saturated carbocycles. The monoisotopic (exact) mass is 368 g/mol. The van der Waals surface area contributed by atoms with Crippen LogP contribution in [-0.4, -0.2) is 38.5 Å². The maximum absolute atomic E-state index is 6.24. The van der Waals surface area contributed by atoms with Gasteiger partial charge >= 0.3 is 0 Å². The van der Waals surface area contributed by atoms with Crippen LogP contribution < -0.4 is 4.74 Å². The van der Waals surface area contributed by atoms with Crippen molar-refractivity contribution < 1.29 is 4.74 Å². The van der Waals surface area contributed by atoms with Gasteiger partial charge in [-0.15, -0.1) is 11.3 Å². The SMILES string of the molecule is Cc1cc(O[C@@H]2C[C@H](C)N(Cc3ccc4sc(C)nc4n3)C2)cc(C)n1. The van der Waals surface area contributed by atoms with E-state index in [1.54, 1.807) is 11.3 Å². The maximum atomic E-state index is 6.24. The molecule has 0 bridgehead atoms. The van der Waals surface area contributed by atoms with Gasteiger partial charge in [0.2, 0.25) is 0 Å². The molecule has 0 radical (unpaired) electrons. The number of rotatable bonds is 4. The third kappa shape index (κ3) is 3.71. The normalized spacial score (nSPS) is 20.8. The topological polar surface area (TPSA) is 51.1 Å². The van der Waals surface area contributed by atoms with E-state index < -0.39 is 0 Å². The Labute approximate surface area is 158 Å². The molecule has 0 N–H and O–H groups in total. The van der Waals surface area contributed by atoms with E-state index in [0.717, 1.165) is 57.7 Å². The maximum Gasteiger partial charge on any atom is 0.170 e. The first-order chi connectivity index (χ1) is 12.5. The highest BCUT2D eigenvalue weighted by Crippen LogP contribution is 2.26. The summed E-state index contributed by atoms with van der Waals surface area (Å²) < 4.78 is 7.39. The average Bonchev–Trinajstić information content (AvgIpc) is 3.07. The Bertz CT molecular complexity index is 918. The van der Waals surface area contributed by atoms with Crippen LogP contribution in [0, 0.1) is 20.8 Å². The summed E-state index contributed by atoms with van der Waals surface area (Å²) in [6, 6.07) is 8.76. The van der Waals surface area contributed by atoms with Crippen LogP contribution >= 0.6 is 11.3 Å². The van der Waals surface area contributed by atoms with Gasteiger partial charge in [-0.25, -0.2) is 9.97 Å². The van der Waals surface area contributed by atoms with Crippen molar-refractivity contribution in [2.75, 3.05) is 6.54 Å². The molecule has 6 heteroatoms. The summed E-state index contributed by atoms with van der Waals surface area (Å²) in [4.78, 5) is 16.1. The van der Waals surface area contributed by atoms with Crippen molar-refractivity contribution in [1.29, 1.82) is 0 Å². The lowest BCUT2D eigenvalue weighted by Gasteiger charge is -2.20. The molecule has 4 rings (SSSR count). The van der Waals surface area contributed by atoms with Crippen molar-refractivity contribution in [2.24, 2.45) is 0 Å². The predicted molar refractivity (Wildman–Crippen MR) is 105 cm³/mol. The summed E-state index contributed by atoms with van der Waals surface area (Å²) in [6.45, 7) is 10.0. The van der Waals surface area contributed by atoms with Crippen molar-refractivity contribution in [3.05, 3.63) is 46.4 Å². The molecule has 136 valence electrons. The molecule has 1 fully saturated rings. The van der Waals surface area contributed by atoms with Crippen molar-refractivity contribution >= 4 is 21.7 Å². The lowest BCUT2D eigenvalue weighted by atomic mass is 10.2. The molecule has 2 atom stereocenters. The minimum Gasteiger partial charge on any atom is -0.489 e. The van der Waals surface area contributed by atoms with Crippen LogP contribution in [0.4, 0.5) is 0 Å². The third-order valence-electron chi connectivity index (χ3n) is 4.81. The van der Waals surface area contributed by atoms with Crippen molar-refractivity contribution in [3.63, 3.8) is 0 Å². The fourth-order valence-corrected chi connectivity index (χ4v) is 4.44. The molecule has 5 nitrogen and oxygen atoms in total. The molecule has 26 heavy (non-hydrogen) atoms. The van der Waals surface area contributed by atoms with Crippen molar-refractivity contribution in [2.45, 2.75) is 52.8 Å². The summed E-state index contributed by atoms with van der Waals surface area (Å²) in [5, 5.41) is 1.07. The fourth-order valence-electron chi connectivity index (χ4n) is 3.67. The van der Waals surface area contributed by atoms with Crippen LogP contribution in [0.5, 0.6) is 5.75 Å². The molecule has 0 spiro atoms. The van der Waals surface area contributed by atoms with E-state index in [-0.39, 0.29) is 6.10 Å². The zero-order valence-electron chi connectivity index (χ0n) is 15.7. The van der Waals surface area contributed by atoms with Gasteiger partial charge in [0.05, 0.1) is 15.4 Å². The van der Waals surface area contributed by atoms with Gasteiger partial charge in [0.25, 0.3) is 0 Å². The number of pyridine rings is 2. The first kappa shape index (κ1) is 17.4. The molecule has 1 saturated heterocycles. The second-order valence-corrected chi connectivity index (χ2v) is 8.43. The van der Waals surface area contributed by atoms with E-state index >= 15 is 0 Å². The molecule has 0 aromatic carbocycles. The van der Waals surface area contributed by atoms with Gasteiger partial charge in [0.1, 0.15) is 11.9 Å². The summed E-state index contributed by atoms with van der Waals surface area (Å²) in [7, 11) is 0. The summed E-state index contributed by atoms with van der Waals surface area (Å²) in [5.41, 5.74) is 3.94. The van der Waals surface area contributed by atoms with E-state index in [4.69, 9.17) is 9.72 Å². The Hall–Kier alpha value is -2.05. The molecule has 3 aromatic heterocycles. The van der Waals surface area contributed by atoms with Gasteiger partial charge in [-0.1, -0.05) is 0 Å². The third-order valence-corrected chi connectivity index (χ3v) is 5.73. The summed E-state index contributed by atoms with van der Waals surface area (Å²) >= 11 is 1.70. The highest BCUT2D eigenvalue weighted by atomic mass is 32.1. The Balaban J connectivity index is 1.44.